The van der Waals surface area contributed by atoms with Crippen LogP contribution in [0.3, 0.4) is 0 Å². The van der Waals surface area contributed by atoms with Gasteiger partial charge in [-0.1, -0.05) is 18.2 Å². The number of rotatable bonds is 3. The molecule has 80 valence electrons. The number of nitrogens with two attached hydrogens (primary N) is 1. The van der Waals surface area contributed by atoms with Gasteiger partial charge in [0, 0.05) is 11.2 Å². The molecule has 0 saturated carbocycles. The number of thiophene rings is 1. The Bertz CT molecular complexity index is 453. The zero-order chi connectivity index (χ0) is 10.8. The van der Waals surface area contributed by atoms with Crippen LogP contribution in [0.1, 0.15) is 11.5 Å². The average molecular weight is 227 g/mol. The highest BCUT2D eigenvalue weighted by Gasteiger charge is 2.23. The van der Waals surface area contributed by atoms with Crippen molar-refractivity contribution in [1.82, 2.24) is 0 Å². The van der Waals surface area contributed by atoms with Crippen LogP contribution < -0.4 is 5.73 Å². The molecular weight excluding hydrogens is 216 g/mol. The van der Waals surface area contributed by atoms with Gasteiger partial charge in [-0.3, -0.25) is 0 Å². The lowest BCUT2D eigenvalue weighted by Gasteiger charge is -2.12. The van der Waals surface area contributed by atoms with Crippen molar-refractivity contribution in [3.63, 3.8) is 0 Å². The van der Waals surface area contributed by atoms with Crippen molar-refractivity contribution in [3.05, 3.63) is 35.2 Å². The zero-order valence-electron chi connectivity index (χ0n) is 7.99. The molecule has 2 aromatic rings. The predicted octanol–water partition coefficient (Wildman–Crippen LogP) is 3.21. The fourth-order valence-corrected chi connectivity index (χ4v) is 2.68. The van der Waals surface area contributed by atoms with E-state index >= 15 is 0 Å². The summed E-state index contributed by atoms with van der Waals surface area (Å²) < 4.78 is 26.5. The van der Waals surface area contributed by atoms with Crippen LogP contribution in [0.2, 0.25) is 0 Å². The molecule has 2 rings (SSSR count). The molecule has 4 heteroatoms. The minimum absolute atomic E-state index is 0.0155. The SMILES string of the molecule is NCC(c1csc2ccccc12)C(F)F. The van der Waals surface area contributed by atoms with Gasteiger partial charge in [0.1, 0.15) is 0 Å². The molecule has 0 amide bonds. The summed E-state index contributed by atoms with van der Waals surface area (Å²) in [4.78, 5) is 0. The van der Waals surface area contributed by atoms with Crippen molar-refractivity contribution < 1.29 is 8.78 Å². The number of halogens is 2. The van der Waals surface area contributed by atoms with E-state index in [-0.39, 0.29) is 6.54 Å². The number of alkyl halides is 2. The van der Waals surface area contributed by atoms with Crippen LogP contribution in [0, 0.1) is 0 Å². The first-order valence-corrected chi connectivity index (χ1v) is 5.56. The fraction of sp³-hybridized carbons (Fsp3) is 0.273. The Hall–Kier alpha value is -1.00. The third kappa shape index (κ3) is 1.87. The minimum Gasteiger partial charge on any atom is -0.330 e. The van der Waals surface area contributed by atoms with Crippen molar-refractivity contribution in [2.24, 2.45) is 5.73 Å². The number of hydrogen-bond acceptors (Lipinski definition) is 2. The van der Waals surface area contributed by atoms with Crippen molar-refractivity contribution in [2.45, 2.75) is 12.3 Å². The maximum atomic E-state index is 12.7. The maximum absolute atomic E-state index is 12.7. The molecule has 1 nitrogen and oxygen atoms in total. The average Bonchev–Trinajstić information content (AvgIpc) is 2.63. The van der Waals surface area contributed by atoms with Crippen molar-refractivity contribution in [2.75, 3.05) is 6.54 Å². The molecule has 0 aliphatic carbocycles. The van der Waals surface area contributed by atoms with Gasteiger partial charge in [-0.25, -0.2) is 8.78 Å². The second kappa shape index (κ2) is 4.24. The van der Waals surface area contributed by atoms with Gasteiger partial charge >= 0.3 is 0 Å². The van der Waals surface area contributed by atoms with Gasteiger partial charge in [-0.15, -0.1) is 11.3 Å². The number of fused-ring (bicyclic) bond motifs is 1. The highest BCUT2D eigenvalue weighted by molar-refractivity contribution is 7.17. The Morgan fingerprint density at radius 3 is 2.67 bits per heavy atom. The van der Waals surface area contributed by atoms with Gasteiger partial charge in [0.05, 0.1) is 5.92 Å². The second-order valence-corrected chi connectivity index (χ2v) is 4.28. The van der Waals surface area contributed by atoms with Gasteiger partial charge in [0.15, 0.2) is 0 Å². The normalized spacial score (nSPS) is 13.6. The van der Waals surface area contributed by atoms with E-state index in [1.165, 1.54) is 11.3 Å². The molecule has 0 fully saturated rings. The highest BCUT2D eigenvalue weighted by atomic mass is 32.1. The van der Waals surface area contributed by atoms with E-state index in [1.807, 2.05) is 24.3 Å². The van der Waals surface area contributed by atoms with Crippen LogP contribution >= 0.6 is 11.3 Å². The first-order valence-electron chi connectivity index (χ1n) is 4.68. The predicted molar refractivity (Wildman–Crippen MR) is 59.6 cm³/mol. The first kappa shape index (κ1) is 10.5. The van der Waals surface area contributed by atoms with Crippen LogP contribution in [0.4, 0.5) is 8.78 Å². The molecule has 1 aromatic heterocycles. The van der Waals surface area contributed by atoms with E-state index in [0.717, 1.165) is 10.1 Å². The van der Waals surface area contributed by atoms with E-state index < -0.39 is 12.3 Å². The molecule has 0 saturated heterocycles. The molecule has 0 spiro atoms. The Balaban J connectivity index is 2.51. The number of hydrogen-bond donors (Lipinski definition) is 1. The van der Waals surface area contributed by atoms with Gasteiger partial charge in [0.2, 0.25) is 6.43 Å². The summed E-state index contributed by atoms with van der Waals surface area (Å²) >= 11 is 1.49. The van der Waals surface area contributed by atoms with Crippen molar-refractivity contribution in [1.29, 1.82) is 0 Å². The fourth-order valence-electron chi connectivity index (χ4n) is 1.65. The number of benzene rings is 1. The molecule has 15 heavy (non-hydrogen) atoms. The summed E-state index contributed by atoms with van der Waals surface area (Å²) in [5, 5.41) is 2.69. The summed E-state index contributed by atoms with van der Waals surface area (Å²) in [6.45, 7) is -0.0155. The van der Waals surface area contributed by atoms with Crippen LogP contribution in [0.5, 0.6) is 0 Å². The molecule has 1 atom stereocenters. The first-order chi connectivity index (χ1) is 7.24. The molecule has 0 bridgehead atoms. The maximum Gasteiger partial charge on any atom is 0.246 e. The Morgan fingerprint density at radius 1 is 1.27 bits per heavy atom. The van der Waals surface area contributed by atoms with E-state index in [9.17, 15) is 8.78 Å². The Kier molecular flexibility index (Phi) is 2.98. The lowest BCUT2D eigenvalue weighted by atomic mass is 9.99. The van der Waals surface area contributed by atoms with Crippen molar-refractivity contribution >= 4 is 21.4 Å². The van der Waals surface area contributed by atoms with E-state index in [1.54, 1.807) is 5.38 Å². The summed E-state index contributed by atoms with van der Waals surface area (Å²) in [7, 11) is 0. The molecular formula is C11H11F2NS. The van der Waals surface area contributed by atoms with Crippen LogP contribution in [0.15, 0.2) is 29.6 Å². The second-order valence-electron chi connectivity index (χ2n) is 3.36. The lowest BCUT2D eigenvalue weighted by molar-refractivity contribution is 0.118. The molecule has 1 aromatic carbocycles. The zero-order valence-corrected chi connectivity index (χ0v) is 8.81. The van der Waals surface area contributed by atoms with E-state index in [2.05, 4.69) is 0 Å². The molecule has 0 aliphatic heterocycles. The van der Waals surface area contributed by atoms with Gasteiger partial charge in [-0.2, -0.15) is 0 Å². The summed E-state index contributed by atoms with van der Waals surface area (Å²) in [6, 6.07) is 7.56. The lowest BCUT2D eigenvalue weighted by Crippen LogP contribution is -2.19. The van der Waals surface area contributed by atoms with Gasteiger partial charge < -0.3 is 5.73 Å². The quantitative estimate of drug-likeness (QED) is 0.856. The third-order valence-electron chi connectivity index (χ3n) is 2.47. The van der Waals surface area contributed by atoms with Crippen LogP contribution in [-0.4, -0.2) is 13.0 Å². The Morgan fingerprint density at radius 2 is 2.00 bits per heavy atom. The summed E-state index contributed by atoms with van der Waals surface area (Å²) in [6.07, 6.45) is -2.40. The molecule has 1 unspecified atom stereocenters. The van der Waals surface area contributed by atoms with Crippen LogP contribution in [0.25, 0.3) is 10.1 Å². The molecule has 2 N–H and O–H groups in total. The van der Waals surface area contributed by atoms with E-state index in [4.69, 9.17) is 5.73 Å². The molecule has 0 radical (unpaired) electrons. The Labute approximate surface area is 90.5 Å². The highest BCUT2D eigenvalue weighted by Crippen LogP contribution is 2.33. The summed E-state index contributed by atoms with van der Waals surface area (Å²) in [5.74, 6) is -0.846. The minimum atomic E-state index is -2.40. The monoisotopic (exact) mass is 227 g/mol. The van der Waals surface area contributed by atoms with Crippen molar-refractivity contribution in [3.8, 4) is 0 Å². The van der Waals surface area contributed by atoms with E-state index in [0.29, 0.717) is 5.56 Å². The standard InChI is InChI=1S/C11H11F2NS/c12-11(13)8(5-14)9-6-15-10-4-2-1-3-7(9)10/h1-4,6,8,11H,5,14H2. The largest absolute Gasteiger partial charge is 0.330 e. The van der Waals surface area contributed by atoms with Gasteiger partial charge in [0.25, 0.3) is 0 Å². The summed E-state index contributed by atoms with van der Waals surface area (Å²) in [5.41, 5.74) is 6.05. The molecule has 0 aliphatic rings. The van der Waals surface area contributed by atoms with Gasteiger partial charge in [-0.05, 0) is 22.4 Å². The smallest absolute Gasteiger partial charge is 0.246 e. The topological polar surface area (TPSA) is 26.0 Å². The third-order valence-corrected chi connectivity index (χ3v) is 3.45. The van der Waals surface area contributed by atoms with Crippen LogP contribution in [-0.2, 0) is 0 Å². The molecule has 1 heterocycles.